The molecule has 21 heavy (non-hydrogen) atoms. The van der Waals surface area contributed by atoms with Gasteiger partial charge in [-0.05, 0) is 36.4 Å². The zero-order valence-electron chi connectivity index (χ0n) is 10.6. The Labute approximate surface area is 130 Å². The van der Waals surface area contributed by atoms with Gasteiger partial charge in [-0.3, -0.25) is 4.79 Å². The smallest absolute Gasteiger partial charge is 0.201 e. The van der Waals surface area contributed by atoms with E-state index in [1.807, 2.05) is 0 Å². The summed E-state index contributed by atoms with van der Waals surface area (Å²) in [6, 6.07) is 9.99. The lowest BCUT2D eigenvalue weighted by Crippen LogP contribution is -2.12. The molecule has 2 rings (SSSR count). The van der Waals surface area contributed by atoms with E-state index in [1.165, 1.54) is 30.3 Å². The number of ether oxygens (including phenoxy) is 1. The van der Waals surface area contributed by atoms with Crippen LogP contribution >= 0.6 is 23.2 Å². The topological polar surface area (TPSA) is 50.1 Å². The summed E-state index contributed by atoms with van der Waals surface area (Å²) in [4.78, 5) is 12.0. The molecule has 0 saturated heterocycles. The minimum atomic E-state index is -0.705. The molecule has 6 heteroatoms. The molecule has 0 aliphatic heterocycles. The SMILES string of the molecule is N#Cc1ccc(OCC(=O)c2ccc(Cl)cc2Cl)c(F)c1. The van der Waals surface area contributed by atoms with Crippen LogP contribution in [-0.4, -0.2) is 12.4 Å². The van der Waals surface area contributed by atoms with Gasteiger partial charge in [-0.25, -0.2) is 4.39 Å². The summed E-state index contributed by atoms with van der Waals surface area (Å²) in [5.41, 5.74) is 0.419. The Kier molecular flexibility index (Phi) is 4.79. The van der Waals surface area contributed by atoms with Gasteiger partial charge in [0.25, 0.3) is 0 Å². The van der Waals surface area contributed by atoms with Gasteiger partial charge >= 0.3 is 0 Å². The van der Waals surface area contributed by atoms with Crippen LogP contribution in [0.2, 0.25) is 10.0 Å². The van der Waals surface area contributed by atoms with Crippen molar-refractivity contribution in [1.82, 2.24) is 0 Å². The molecular weight excluding hydrogens is 316 g/mol. The minimum Gasteiger partial charge on any atom is -0.482 e. The molecule has 0 amide bonds. The van der Waals surface area contributed by atoms with E-state index in [-0.39, 0.29) is 28.5 Å². The standard InChI is InChI=1S/C15H8Cl2FNO2/c16-10-2-3-11(12(17)6-10)14(20)8-21-15-4-1-9(7-19)5-13(15)18/h1-6H,8H2. The number of carbonyl (C=O) groups excluding carboxylic acids is 1. The second-order valence-electron chi connectivity index (χ2n) is 4.09. The van der Waals surface area contributed by atoms with Gasteiger partial charge < -0.3 is 4.74 Å². The molecule has 2 aromatic rings. The lowest BCUT2D eigenvalue weighted by Gasteiger charge is -2.08. The molecule has 0 unspecified atom stereocenters. The van der Waals surface area contributed by atoms with Crippen molar-refractivity contribution < 1.29 is 13.9 Å². The average Bonchev–Trinajstić information content (AvgIpc) is 2.45. The summed E-state index contributed by atoms with van der Waals surface area (Å²) >= 11 is 11.6. The van der Waals surface area contributed by atoms with Crippen molar-refractivity contribution in [3.05, 3.63) is 63.4 Å². The quantitative estimate of drug-likeness (QED) is 0.789. The van der Waals surface area contributed by atoms with Crippen molar-refractivity contribution in [1.29, 1.82) is 5.26 Å². The normalized spacial score (nSPS) is 10.0. The van der Waals surface area contributed by atoms with Gasteiger partial charge in [0.1, 0.15) is 0 Å². The van der Waals surface area contributed by atoms with Gasteiger partial charge in [0.05, 0.1) is 16.7 Å². The molecule has 0 radical (unpaired) electrons. The number of benzene rings is 2. The highest BCUT2D eigenvalue weighted by molar-refractivity contribution is 6.36. The van der Waals surface area contributed by atoms with E-state index in [2.05, 4.69) is 0 Å². The molecule has 0 bridgehead atoms. The number of nitrogens with zero attached hydrogens (tertiary/aromatic N) is 1. The third-order valence-electron chi connectivity index (χ3n) is 2.65. The van der Waals surface area contributed by atoms with E-state index in [9.17, 15) is 9.18 Å². The fraction of sp³-hybridized carbons (Fsp3) is 0.0667. The number of ketones is 1. The average molecular weight is 324 g/mol. The lowest BCUT2D eigenvalue weighted by molar-refractivity contribution is 0.0919. The highest BCUT2D eigenvalue weighted by Crippen LogP contribution is 2.22. The number of hydrogen-bond acceptors (Lipinski definition) is 3. The zero-order valence-corrected chi connectivity index (χ0v) is 12.1. The monoisotopic (exact) mass is 323 g/mol. The van der Waals surface area contributed by atoms with Crippen LogP contribution in [0.4, 0.5) is 4.39 Å². The van der Waals surface area contributed by atoms with E-state index in [0.29, 0.717) is 5.02 Å². The molecule has 2 aromatic carbocycles. The molecule has 0 heterocycles. The number of halogens is 3. The number of nitriles is 1. The Morgan fingerprint density at radius 2 is 2.00 bits per heavy atom. The van der Waals surface area contributed by atoms with E-state index in [0.717, 1.165) is 6.07 Å². The summed E-state index contributed by atoms with van der Waals surface area (Å²) in [5.74, 6) is -1.21. The van der Waals surface area contributed by atoms with Gasteiger partial charge in [-0.15, -0.1) is 0 Å². The van der Waals surface area contributed by atoms with Crippen molar-refractivity contribution >= 4 is 29.0 Å². The number of Topliss-reactive ketones (excluding diaryl/α,β-unsaturated/α-hetero) is 1. The predicted molar refractivity (Wildman–Crippen MR) is 77.4 cm³/mol. The molecule has 106 valence electrons. The fourth-order valence-corrected chi connectivity index (χ4v) is 2.14. The van der Waals surface area contributed by atoms with Crippen LogP contribution in [0, 0.1) is 17.1 Å². The highest BCUT2D eigenvalue weighted by Gasteiger charge is 2.13. The highest BCUT2D eigenvalue weighted by atomic mass is 35.5. The van der Waals surface area contributed by atoms with Crippen LogP contribution in [0.15, 0.2) is 36.4 Å². The molecule has 3 nitrogen and oxygen atoms in total. The summed E-state index contributed by atoms with van der Waals surface area (Å²) < 4.78 is 18.7. The van der Waals surface area contributed by atoms with Crippen molar-refractivity contribution in [2.45, 2.75) is 0 Å². The molecule has 0 N–H and O–H groups in total. The van der Waals surface area contributed by atoms with Gasteiger partial charge in [-0.2, -0.15) is 5.26 Å². The van der Waals surface area contributed by atoms with Crippen molar-refractivity contribution in [2.24, 2.45) is 0 Å². The van der Waals surface area contributed by atoms with Crippen LogP contribution in [0.3, 0.4) is 0 Å². The van der Waals surface area contributed by atoms with Crippen LogP contribution < -0.4 is 4.74 Å². The van der Waals surface area contributed by atoms with Crippen molar-refractivity contribution in [2.75, 3.05) is 6.61 Å². The van der Waals surface area contributed by atoms with E-state index in [1.54, 1.807) is 6.07 Å². The maximum absolute atomic E-state index is 13.6. The maximum Gasteiger partial charge on any atom is 0.201 e. The van der Waals surface area contributed by atoms with E-state index < -0.39 is 11.6 Å². The molecule has 0 fully saturated rings. The summed E-state index contributed by atoms with van der Waals surface area (Å²) in [7, 11) is 0. The Morgan fingerprint density at radius 1 is 1.24 bits per heavy atom. The Balaban J connectivity index is 2.09. The summed E-state index contributed by atoms with van der Waals surface area (Å²) in [5, 5.41) is 9.25. The lowest BCUT2D eigenvalue weighted by atomic mass is 10.1. The molecule has 0 aliphatic carbocycles. The first-order chi connectivity index (χ1) is 10.0. The van der Waals surface area contributed by atoms with Gasteiger partial charge in [0, 0.05) is 10.6 Å². The zero-order chi connectivity index (χ0) is 15.4. The Hall–Kier alpha value is -2.09. The summed E-state index contributed by atoms with van der Waals surface area (Å²) in [6.45, 7) is -0.371. The van der Waals surface area contributed by atoms with Gasteiger partial charge in [0.2, 0.25) is 5.78 Å². The third kappa shape index (κ3) is 3.72. The van der Waals surface area contributed by atoms with Gasteiger partial charge in [0.15, 0.2) is 18.2 Å². The second-order valence-corrected chi connectivity index (χ2v) is 4.94. The van der Waals surface area contributed by atoms with Gasteiger partial charge in [-0.1, -0.05) is 23.2 Å². The largest absolute Gasteiger partial charge is 0.482 e. The Morgan fingerprint density at radius 3 is 2.62 bits per heavy atom. The first kappa shape index (κ1) is 15.3. The minimum absolute atomic E-state index is 0.104. The van der Waals surface area contributed by atoms with E-state index in [4.69, 9.17) is 33.2 Å². The van der Waals surface area contributed by atoms with Crippen LogP contribution in [0.5, 0.6) is 5.75 Å². The first-order valence-electron chi connectivity index (χ1n) is 5.82. The molecule has 0 aromatic heterocycles. The second kappa shape index (κ2) is 6.57. The van der Waals surface area contributed by atoms with Crippen molar-refractivity contribution in [3.63, 3.8) is 0 Å². The number of hydrogen-bond donors (Lipinski definition) is 0. The number of rotatable bonds is 4. The molecular formula is C15H8Cl2FNO2. The van der Waals surface area contributed by atoms with Crippen molar-refractivity contribution in [3.8, 4) is 11.8 Å². The third-order valence-corrected chi connectivity index (χ3v) is 3.20. The molecule has 0 saturated carbocycles. The Bertz CT molecular complexity index is 741. The van der Waals surface area contributed by atoms with Crippen LogP contribution in [-0.2, 0) is 0 Å². The van der Waals surface area contributed by atoms with Crippen LogP contribution in [0.1, 0.15) is 15.9 Å². The molecule has 0 aliphatic rings. The maximum atomic E-state index is 13.6. The molecule has 0 atom stereocenters. The predicted octanol–water partition coefficient (Wildman–Crippen LogP) is 4.27. The summed E-state index contributed by atoms with van der Waals surface area (Å²) in [6.07, 6.45) is 0. The first-order valence-corrected chi connectivity index (χ1v) is 6.57. The van der Waals surface area contributed by atoms with E-state index >= 15 is 0 Å². The number of carbonyl (C=O) groups is 1. The fourth-order valence-electron chi connectivity index (χ4n) is 1.62. The molecule has 0 spiro atoms. The van der Waals surface area contributed by atoms with Crippen LogP contribution in [0.25, 0.3) is 0 Å².